The van der Waals surface area contributed by atoms with Crippen LogP contribution in [0.4, 0.5) is 4.79 Å². The van der Waals surface area contributed by atoms with E-state index in [-0.39, 0.29) is 36.1 Å². The van der Waals surface area contributed by atoms with Crippen molar-refractivity contribution in [1.29, 1.82) is 0 Å². The number of hydrogen-bond donors (Lipinski definition) is 2. The van der Waals surface area contributed by atoms with Gasteiger partial charge in [0, 0.05) is 26.1 Å². The Morgan fingerprint density at radius 2 is 1.74 bits per heavy atom. The van der Waals surface area contributed by atoms with Gasteiger partial charge in [-0.05, 0) is 51.5 Å². The lowest BCUT2D eigenvalue weighted by Gasteiger charge is -2.33. The van der Waals surface area contributed by atoms with Gasteiger partial charge >= 0.3 is 6.09 Å². The minimum absolute atomic E-state index is 0.00628. The Labute approximate surface area is 227 Å². The molecule has 9 nitrogen and oxygen atoms in total. The van der Waals surface area contributed by atoms with Crippen LogP contribution in [0.25, 0.3) is 0 Å². The summed E-state index contributed by atoms with van der Waals surface area (Å²) < 4.78 is 5.37. The topological polar surface area (TPSA) is 122 Å². The molecule has 1 heterocycles. The number of benzene rings is 1. The van der Waals surface area contributed by atoms with Gasteiger partial charge < -0.3 is 20.7 Å². The van der Waals surface area contributed by atoms with Crippen LogP contribution in [0.3, 0.4) is 0 Å². The molecule has 3 N–H and O–H groups in total. The van der Waals surface area contributed by atoms with Crippen molar-refractivity contribution in [3.8, 4) is 0 Å². The third-order valence-corrected chi connectivity index (χ3v) is 7.28. The molecule has 0 bridgehead atoms. The number of ether oxygens (including phenoxy) is 1. The lowest BCUT2D eigenvalue weighted by atomic mass is 9.92. The molecule has 1 fully saturated rings. The Hall–Kier alpha value is -2.94. The Kier molecular flexibility index (Phi) is 10.9. The molecule has 6 atom stereocenters. The Morgan fingerprint density at radius 1 is 1.13 bits per heavy atom. The molecule has 1 aromatic carbocycles. The summed E-state index contributed by atoms with van der Waals surface area (Å²) in [6.45, 7) is 12.9. The molecule has 3 amide bonds. The van der Waals surface area contributed by atoms with Crippen molar-refractivity contribution < 1.29 is 23.9 Å². The number of nitrogens with two attached hydrogens (primary N) is 1. The molecule has 2 rings (SSSR count). The van der Waals surface area contributed by atoms with Gasteiger partial charge in [-0.25, -0.2) is 4.79 Å². The minimum atomic E-state index is -0.866. The monoisotopic (exact) mass is 530 g/mol. The first-order valence-electron chi connectivity index (χ1n) is 13.6. The number of amides is 3. The van der Waals surface area contributed by atoms with Crippen molar-refractivity contribution in [3.05, 3.63) is 35.9 Å². The molecule has 38 heavy (non-hydrogen) atoms. The number of rotatable bonds is 10. The van der Waals surface area contributed by atoms with Crippen LogP contribution in [0.1, 0.15) is 79.2 Å². The van der Waals surface area contributed by atoms with Crippen LogP contribution in [0.5, 0.6) is 0 Å². The molecule has 0 spiro atoms. The van der Waals surface area contributed by atoms with E-state index in [0.29, 0.717) is 19.3 Å². The van der Waals surface area contributed by atoms with Crippen molar-refractivity contribution in [1.82, 2.24) is 15.1 Å². The van der Waals surface area contributed by atoms with Gasteiger partial charge in [0.15, 0.2) is 5.78 Å². The molecule has 212 valence electrons. The highest BCUT2D eigenvalue weighted by atomic mass is 16.6. The van der Waals surface area contributed by atoms with Crippen molar-refractivity contribution in [2.45, 2.75) is 103 Å². The highest BCUT2D eigenvalue weighted by Crippen LogP contribution is 2.26. The number of ketones is 1. The second-order valence-corrected chi connectivity index (χ2v) is 11.6. The molecule has 0 unspecified atom stereocenters. The van der Waals surface area contributed by atoms with E-state index in [0.717, 1.165) is 5.56 Å². The maximum atomic E-state index is 13.8. The number of carbonyl (C=O) groups is 4. The van der Waals surface area contributed by atoms with Crippen LogP contribution in [-0.2, 0) is 19.1 Å². The predicted molar refractivity (Wildman–Crippen MR) is 147 cm³/mol. The second kappa shape index (κ2) is 13.2. The standard InChI is InChI=1S/C29H46N4O5/c1-9-18(2)25(31-26(35)20(4)32(8)28(37)38-29(5,6)7)27(36)33-17-22(30)16-23(33)24(34)15-19(3)21-13-11-10-12-14-21/h10-14,18-20,22-23,25H,9,15-17,30H2,1-8H3,(H,31,35)/t18-,19-,20-,22-,23-,25-/m0/s1. The largest absolute Gasteiger partial charge is 0.444 e. The Balaban J connectivity index is 2.17. The highest BCUT2D eigenvalue weighted by Gasteiger charge is 2.42. The van der Waals surface area contributed by atoms with E-state index in [4.69, 9.17) is 10.5 Å². The molecule has 1 aromatic rings. The molecule has 0 aliphatic carbocycles. The van der Waals surface area contributed by atoms with E-state index < -0.39 is 35.7 Å². The van der Waals surface area contributed by atoms with Gasteiger partial charge in [0.05, 0.1) is 6.04 Å². The second-order valence-electron chi connectivity index (χ2n) is 11.6. The zero-order chi connectivity index (χ0) is 28.8. The van der Waals surface area contributed by atoms with Crippen LogP contribution in [0.15, 0.2) is 30.3 Å². The van der Waals surface area contributed by atoms with Gasteiger partial charge in [0.25, 0.3) is 0 Å². The van der Waals surface area contributed by atoms with Crippen molar-refractivity contribution >= 4 is 23.7 Å². The molecule has 1 aliphatic rings. The molecule has 0 saturated carbocycles. The normalized spacial score (nSPS) is 20.7. The fourth-order valence-electron chi connectivity index (χ4n) is 4.56. The zero-order valence-corrected chi connectivity index (χ0v) is 24.2. The van der Waals surface area contributed by atoms with Crippen LogP contribution < -0.4 is 11.1 Å². The van der Waals surface area contributed by atoms with E-state index in [1.807, 2.05) is 51.1 Å². The third kappa shape index (κ3) is 8.28. The molecule has 0 radical (unpaired) electrons. The van der Waals surface area contributed by atoms with Crippen LogP contribution in [-0.4, -0.2) is 76.9 Å². The number of Topliss-reactive ketones (excluding diaryl/α,β-unsaturated/α-hetero) is 1. The van der Waals surface area contributed by atoms with Crippen LogP contribution in [0, 0.1) is 5.92 Å². The first-order chi connectivity index (χ1) is 17.7. The summed E-state index contributed by atoms with van der Waals surface area (Å²) in [6.07, 6.45) is 0.695. The van der Waals surface area contributed by atoms with Gasteiger partial charge in [0.2, 0.25) is 11.8 Å². The van der Waals surface area contributed by atoms with Gasteiger partial charge in [-0.15, -0.1) is 0 Å². The van der Waals surface area contributed by atoms with Gasteiger partial charge in [0.1, 0.15) is 17.7 Å². The smallest absolute Gasteiger partial charge is 0.410 e. The Morgan fingerprint density at radius 3 is 2.29 bits per heavy atom. The molecule has 9 heteroatoms. The van der Waals surface area contributed by atoms with Crippen molar-refractivity contribution in [3.63, 3.8) is 0 Å². The average molecular weight is 531 g/mol. The first kappa shape index (κ1) is 31.3. The van der Waals surface area contributed by atoms with E-state index >= 15 is 0 Å². The zero-order valence-electron chi connectivity index (χ0n) is 24.2. The van der Waals surface area contributed by atoms with E-state index in [9.17, 15) is 19.2 Å². The number of likely N-dealkylation sites (N-methyl/N-ethyl adjacent to an activating group) is 1. The summed E-state index contributed by atoms with van der Waals surface area (Å²) in [4.78, 5) is 55.6. The van der Waals surface area contributed by atoms with E-state index in [1.54, 1.807) is 32.6 Å². The van der Waals surface area contributed by atoms with Crippen LogP contribution >= 0.6 is 0 Å². The summed E-state index contributed by atoms with van der Waals surface area (Å²) >= 11 is 0. The summed E-state index contributed by atoms with van der Waals surface area (Å²) in [6, 6.07) is 7.14. The molecule has 0 aromatic heterocycles. The number of carbonyl (C=O) groups excluding carboxylic acids is 4. The Bertz CT molecular complexity index is 977. The number of hydrogen-bond acceptors (Lipinski definition) is 6. The summed E-state index contributed by atoms with van der Waals surface area (Å²) in [5.41, 5.74) is 6.58. The highest BCUT2D eigenvalue weighted by molar-refractivity contribution is 5.95. The van der Waals surface area contributed by atoms with Gasteiger partial charge in [-0.1, -0.05) is 57.5 Å². The lowest BCUT2D eigenvalue weighted by Crippen LogP contribution is -2.57. The first-order valence-corrected chi connectivity index (χ1v) is 13.6. The third-order valence-electron chi connectivity index (χ3n) is 7.28. The number of nitrogens with one attached hydrogen (secondary N) is 1. The summed E-state index contributed by atoms with van der Waals surface area (Å²) in [5.74, 6) is -1.01. The lowest BCUT2D eigenvalue weighted by molar-refractivity contribution is -0.142. The maximum absolute atomic E-state index is 13.8. The summed E-state index contributed by atoms with van der Waals surface area (Å²) in [7, 11) is 1.49. The number of likely N-dealkylation sites (tertiary alicyclic amines) is 1. The SMILES string of the molecule is CC[C@H](C)[C@H](NC(=O)[C@H](C)N(C)C(=O)OC(C)(C)C)C(=O)N1C[C@@H](N)C[C@H]1C(=O)C[C@H](C)c1ccccc1. The van der Waals surface area contributed by atoms with Crippen molar-refractivity contribution in [2.24, 2.45) is 11.7 Å². The van der Waals surface area contributed by atoms with Gasteiger partial charge in [-0.2, -0.15) is 0 Å². The molecule has 1 saturated heterocycles. The molecule has 1 aliphatic heterocycles. The summed E-state index contributed by atoms with van der Waals surface area (Å²) in [5, 5.41) is 2.85. The fourth-order valence-corrected chi connectivity index (χ4v) is 4.56. The number of nitrogens with zero attached hydrogens (tertiary/aromatic N) is 2. The molecular formula is C29H46N4O5. The minimum Gasteiger partial charge on any atom is -0.444 e. The predicted octanol–water partition coefficient (Wildman–Crippen LogP) is 3.46. The molecular weight excluding hydrogens is 484 g/mol. The fraction of sp³-hybridized carbons (Fsp3) is 0.655. The average Bonchev–Trinajstić information content (AvgIpc) is 3.26. The maximum Gasteiger partial charge on any atom is 0.410 e. The van der Waals surface area contributed by atoms with Crippen LogP contribution in [0.2, 0.25) is 0 Å². The quantitative estimate of drug-likeness (QED) is 0.478. The van der Waals surface area contributed by atoms with Gasteiger partial charge in [-0.3, -0.25) is 19.3 Å². The van der Waals surface area contributed by atoms with E-state index in [1.165, 1.54) is 11.9 Å². The van der Waals surface area contributed by atoms with Crippen molar-refractivity contribution in [2.75, 3.05) is 13.6 Å². The van der Waals surface area contributed by atoms with E-state index in [2.05, 4.69) is 5.32 Å².